The van der Waals surface area contributed by atoms with E-state index in [1.807, 2.05) is 0 Å². The molecule has 0 radical (unpaired) electrons. The largest absolute Gasteiger partial charge is 0.617 e. The molecule has 0 amide bonds. The molecule has 0 saturated carbocycles. The van der Waals surface area contributed by atoms with Crippen molar-refractivity contribution < 1.29 is 24.5 Å². The van der Waals surface area contributed by atoms with Gasteiger partial charge in [0.05, 0.1) is 0 Å². The molecule has 1 aromatic heterocycles. The predicted octanol–water partition coefficient (Wildman–Crippen LogP) is 0.664. The fourth-order valence-electron chi connectivity index (χ4n) is 2.20. The summed E-state index contributed by atoms with van der Waals surface area (Å²) in [6.07, 6.45) is 0. The number of fused-ring (bicyclic) bond motifs is 2. The summed E-state index contributed by atoms with van der Waals surface area (Å²) < 4.78 is 0.711. The number of hydrogen-bond donors (Lipinski definition) is 2. The number of carbonyl (C=O) groups is 1. The highest BCUT2D eigenvalue weighted by Gasteiger charge is 2.29. The van der Waals surface area contributed by atoms with Crippen LogP contribution in [-0.4, -0.2) is 16.2 Å². The fraction of sp³-hybridized carbons (Fsp3) is 0. The van der Waals surface area contributed by atoms with Gasteiger partial charge >= 0.3 is 17.0 Å². The van der Waals surface area contributed by atoms with Crippen LogP contribution in [0.25, 0.3) is 22.1 Å². The van der Waals surface area contributed by atoms with Crippen LogP contribution in [0.15, 0.2) is 36.4 Å². The number of phenolic OH excluding ortho intramolecular Hbond substituents is 1. The van der Waals surface area contributed by atoms with Gasteiger partial charge in [-0.25, -0.2) is 4.79 Å². The average Bonchev–Trinajstić information content (AvgIpc) is 2.44. The summed E-state index contributed by atoms with van der Waals surface area (Å²) in [5.41, 5.74) is -0.996. The van der Waals surface area contributed by atoms with E-state index in [4.69, 9.17) is 5.11 Å². The lowest BCUT2D eigenvalue weighted by molar-refractivity contribution is -0.591. The molecule has 0 saturated heterocycles. The van der Waals surface area contributed by atoms with E-state index in [2.05, 4.69) is 0 Å². The molecule has 3 rings (SSSR count). The third-order valence-corrected chi connectivity index (χ3v) is 3.09. The molecule has 0 spiro atoms. The molecule has 0 fully saturated rings. The van der Waals surface area contributed by atoms with Crippen LogP contribution in [0, 0.1) is 10.4 Å². The van der Waals surface area contributed by atoms with Crippen molar-refractivity contribution in [3.8, 4) is 5.75 Å². The lowest BCUT2D eigenvalue weighted by Crippen LogP contribution is -2.40. The van der Waals surface area contributed by atoms with E-state index in [1.54, 1.807) is 12.1 Å². The minimum Gasteiger partial charge on any atom is -0.617 e. The lowest BCUT2D eigenvalue weighted by Gasteiger charge is -2.09. The number of benzene rings is 2. The van der Waals surface area contributed by atoms with Gasteiger partial charge in [0.2, 0.25) is 0 Å². The summed E-state index contributed by atoms with van der Waals surface area (Å²) in [5.74, 6) is -1.80. The number of aromatic nitrogens is 2. The van der Waals surface area contributed by atoms with Crippen LogP contribution < -0.4 is 9.46 Å². The van der Waals surface area contributed by atoms with Gasteiger partial charge in [0.15, 0.2) is 5.75 Å². The molecule has 1 heterocycles. The van der Waals surface area contributed by atoms with Gasteiger partial charge in [-0.3, -0.25) is 0 Å². The minimum atomic E-state index is -1.35. The number of rotatable bonds is 1. The summed E-state index contributed by atoms with van der Waals surface area (Å²) in [6, 6.07) is 8.12. The Morgan fingerprint density at radius 3 is 2.05 bits per heavy atom. The smallest absolute Gasteiger partial charge is 0.342 e. The van der Waals surface area contributed by atoms with Crippen molar-refractivity contribution in [2.45, 2.75) is 0 Å². The lowest BCUT2D eigenvalue weighted by atomic mass is 10.1. The topological polar surface area (TPSA) is 111 Å². The van der Waals surface area contributed by atoms with Gasteiger partial charge < -0.3 is 20.6 Å². The number of phenols is 1. The maximum Gasteiger partial charge on any atom is 0.342 e. The van der Waals surface area contributed by atoms with Gasteiger partial charge in [0.1, 0.15) is 5.56 Å². The first-order valence-electron chi connectivity index (χ1n) is 5.65. The Balaban J connectivity index is 2.69. The van der Waals surface area contributed by atoms with E-state index in [0.29, 0.717) is 9.46 Å². The highest BCUT2D eigenvalue weighted by Crippen LogP contribution is 2.24. The molecule has 7 nitrogen and oxygen atoms in total. The maximum atomic E-state index is 12.3. The number of aromatic hydroxyl groups is 1. The van der Waals surface area contributed by atoms with Crippen molar-refractivity contribution in [1.82, 2.24) is 0 Å². The molecule has 2 aromatic carbocycles. The van der Waals surface area contributed by atoms with Gasteiger partial charge in [-0.05, 0) is 12.1 Å². The Morgan fingerprint density at radius 1 is 0.950 bits per heavy atom. The zero-order valence-electron chi connectivity index (χ0n) is 9.98. The zero-order chi connectivity index (χ0) is 14.4. The quantitative estimate of drug-likeness (QED) is 0.384. The summed E-state index contributed by atoms with van der Waals surface area (Å²) in [5, 5.41) is 43.4. The van der Waals surface area contributed by atoms with Crippen molar-refractivity contribution in [1.29, 1.82) is 0 Å². The van der Waals surface area contributed by atoms with Crippen molar-refractivity contribution in [2.24, 2.45) is 0 Å². The van der Waals surface area contributed by atoms with E-state index in [-0.39, 0.29) is 27.6 Å². The van der Waals surface area contributed by atoms with Gasteiger partial charge in [0.25, 0.3) is 11.0 Å². The molecule has 0 aliphatic rings. The highest BCUT2D eigenvalue weighted by molar-refractivity contribution is 6.00. The standard InChI is InChI=1S/C13H8N2O5/c16-10-6-5-7(13(17)18)11-12(10)15(20)9-4-2-1-3-8(9)14(11)19/h1-6,16H,(H,17,18). The van der Waals surface area contributed by atoms with Gasteiger partial charge in [-0.15, -0.1) is 0 Å². The molecule has 3 aromatic rings. The molecule has 0 unspecified atom stereocenters. The average molecular weight is 272 g/mol. The van der Waals surface area contributed by atoms with Crippen molar-refractivity contribution in [3.05, 3.63) is 52.4 Å². The van der Waals surface area contributed by atoms with E-state index in [9.17, 15) is 20.3 Å². The second-order valence-electron chi connectivity index (χ2n) is 4.21. The Hall–Kier alpha value is -3.09. The Labute approximate surface area is 111 Å². The molecule has 20 heavy (non-hydrogen) atoms. The molecule has 100 valence electrons. The first-order valence-corrected chi connectivity index (χ1v) is 5.65. The van der Waals surface area contributed by atoms with Gasteiger partial charge in [-0.2, -0.15) is 9.46 Å². The van der Waals surface area contributed by atoms with Crippen LogP contribution in [0.4, 0.5) is 0 Å². The molecule has 0 aliphatic heterocycles. The Morgan fingerprint density at radius 2 is 1.50 bits per heavy atom. The first-order chi connectivity index (χ1) is 9.52. The monoisotopic (exact) mass is 272 g/mol. The van der Waals surface area contributed by atoms with E-state index >= 15 is 0 Å². The third-order valence-electron chi connectivity index (χ3n) is 3.09. The number of aromatic carboxylic acids is 1. The second kappa shape index (κ2) is 3.95. The van der Waals surface area contributed by atoms with Crippen LogP contribution in [0.5, 0.6) is 5.75 Å². The normalized spacial score (nSPS) is 11.0. The number of nitrogens with zero attached hydrogens (tertiary/aromatic N) is 2. The van der Waals surface area contributed by atoms with E-state index < -0.39 is 11.7 Å². The summed E-state index contributed by atoms with van der Waals surface area (Å²) in [7, 11) is 0. The molecule has 0 atom stereocenters. The number of carboxylic acid groups (broad SMARTS) is 1. The molecular formula is C13H8N2O5. The highest BCUT2D eigenvalue weighted by atomic mass is 16.5. The maximum absolute atomic E-state index is 12.3. The predicted molar refractivity (Wildman–Crippen MR) is 68.0 cm³/mol. The van der Waals surface area contributed by atoms with Crippen LogP contribution >= 0.6 is 0 Å². The van der Waals surface area contributed by atoms with Crippen LogP contribution in [-0.2, 0) is 0 Å². The molecule has 0 bridgehead atoms. The fourth-order valence-corrected chi connectivity index (χ4v) is 2.20. The molecular weight excluding hydrogens is 264 g/mol. The second-order valence-corrected chi connectivity index (χ2v) is 4.21. The van der Waals surface area contributed by atoms with Crippen LogP contribution in [0.2, 0.25) is 0 Å². The van der Waals surface area contributed by atoms with E-state index in [1.165, 1.54) is 12.1 Å². The summed E-state index contributed by atoms with van der Waals surface area (Å²) in [4.78, 5) is 11.2. The minimum absolute atomic E-state index is 0.0306. The Kier molecular flexibility index (Phi) is 2.37. The van der Waals surface area contributed by atoms with E-state index in [0.717, 1.165) is 12.1 Å². The Bertz CT molecular complexity index is 876. The third kappa shape index (κ3) is 1.43. The van der Waals surface area contributed by atoms with Gasteiger partial charge in [-0.1, -0.05) is 12.1 Å². The number of hydrogen-bond acceptors (Lipinski definition) is 4. The van der Waals surface area contributed by atoms with Gasteiger partial charge in [0, 0.05) is 12.1 Å². The number of carboxylic acids is 1. The van der Waals surface area contributed by atoms with Crippen molar-refractivity contribution in [3.63, 3.8) is 0 Å². The van der Waals surface area contributed by atoms with Crippen molar-refractivity contribution in [2.75, 3.05) is 0 Å². The van der Waals surface area contributed by atoms with Crippen LogP contribution in [0.3, 0.4) is 0 Å². The van der Waals surface area contributed by atoms with Crippen molar-refractivity contribution >= 4 is 28.0 Å². The zero-order valence-corrected chi connectivity index (χ0v) is 9.98. The SMILES string of the molecule is O=C(O)c1ccc(O)c2c1[n+]([O-])c1ccccc1[n+]2[O-]. The molecule has 0 aliphatic carbocycles. The summed E-state index contributed by atoms with van der Waals surface area (Å²) >= 11 is 0. The number of para-hydroxylation sites is 2. The molecule has 2 N–H and O–H groups in total. The van der Waals surface area contributed by atoms with Crippen LogP contribution in [0.1, 0.15) is 10.4 Å². The first kappa shape index (κ1) is 12.0. The molecule has 7 heteroatoms. The summed E-state index contributed by atoms with van der Waals surface area (Å²) in [6.45, 7) is 0.